The molecule has 0 bridgehead atoms. The van der Waals surface area contributed by atoms with Crippen LogP contribution >= 0.6 is 0 Å². The van der Waals surface area contributed by atoms with E-state index in [1.807, 2.05) is 24.3 Å². The molecule has 0 N–H and O–H groups in total. The molecule has 0 aromatic carbocycles. The Morgan fingerprint density at radius 2 is 2.41 bits per heavy atom. The fourth-order valence-electron chi connectivity index (χ4n) is 1.86. The summed E-state index contributed by atoms with van der Waals surface area (Å²) in [5, 5.41) is 0. The molecule has 4 nitrogen and oxygen atoms in total. The van der Waals surface area contributed by atoms with E-state index in [4.69, 9.17) is 4.74 Å². The van der Waals surface area contributed by atoms with E-state index in [2.05, 4.69) is 4.74 Å². The third kappa shape index (κ3) is 2.64. The number of allylic oxidation sites excluding steroid dienone is 2. The van der Waals surface area contributed by atoms with E-state index in [1.54, 1.807) is 0 Å². The molecule has 0 saturated heterocycles. The molecule has 0 spiro atoms. The number of esters is 2. The van der Waals surface area contributed by atoms with E-state index in [0.29, 0.717) is 12.0 Å². The van der Waals surface area contributed by atoms with Gasteiger partial charge in [0.1, 0.15) is 6.10 Å². The molecule has 0 fully saturated rings. The minimum Gasteiger partial charge on any atom is -0.469 e. The van der Waals surface area contributed by atoms with Crippen LogP contribution in [-0.2, 0) is 19.1 Å². The molecule has 90 valence electrons. The Morgan fingerprint density at radius 3 is 3.18 bits per heavy atom. The highest BCUT2D eigenvalue weighted by molar-refractivity contribution is 5.91. The lowest BCUT2D eigenvalue weighted by atomic mass is 9.95. The van der Waals surface area contributed by atoms with E-state index in [1.165, 1.54) is 7.11 Å². The maximum atomic E-state index is 11.7. The molecule has 0 aromatic heterocycles. The lowest BCUT2D eigenvalue weighted by Crippen LogP contribution is -2.26. The second kappa shape index (κ2) is 4.99. The summed E-state index contributed by atoms with van der Waals surface area (Å²) >= 11 is 0. The number of carbonyl (C=O) groups is 2. The Morgan fingerprint density at radius 1 is 1.59 bits per heavy atom. The zero-order valence-corrected chi connectivity index (χ0v) is 9.64. The third-order valence-electron chi connectivity index (χ3n) is 2.83. The zero-order chi connectivity index (χ0) is 12.3. The van der Waals surface area contributed by atoms with E-state index in [9.17, 15) is 9.59 Å². The SMILES string of the molecule is COC(=O)CCC1=CC2=CC=CCC2OC1=O. The molecule has 1 aliphatic heterocycles. The van der Waals surface area contributed by atoms with Crippen LogP contribution in [0.2, 0.25) is 0 Å². The number of hydrogen-bond acceptors (Lipinski definition) is 4. The molecule has 17 heavy (non-hydrogen) atoms. The van der Waals surface area contributed by atoms with Crippen molar-refractivity contribution in [2.75, 3.05) is 7.11 Å². The van der Waals surface area contributed by atoms with Crippen LogP contribution in [0.4, 0.5) is 0 Å². The fraction of sp³-hybridized carbons (Fsp3) is 0.385. The Balaban J connectivity index is 2.08. The quantitative estimate of drug-likeness (QED) is 0.697. The van der Waals surface area contributed by atoms with Gasteiger partial charge in [-0.2, -0.15) is 0 Å². The van der Waals surface area contributed by atoms with Gasteiger partial charge in [0.15, 0.2) is 0 Å². The summed E-state index contributed by atoms with van der Waals surface area (Å²) in [6.07, 6.45) is 8.79. The van der Waals surface area contributed by atoms with Gasteiger partial charge in [0.05, 0.1) is 7.11 Å². The predicted molar refractivity (Wildman–Crippen MR) is 61.1 cm³/mol. The smallest absolute Gasteiger partial charge is 0.334 e. The highest BCUT2D eigenvalue weighted by Gasteiger charge is 2.26. The Kier molecular flexibility index (Phi) is 3.42. The number of carbonyl (C=O) groups excluding carboxylic acids is 2. The average molecular weight is 234 g/mol. The molecule has 4 heteroatoms. The van der Waals surface area contributed by atoms with E-state index in [-0.39, 0.29) is 24.5 Å². The lowest BCUT2D eigenvalue weighted by molar-refractivity contribution is -0.143. The number of ether oxygens (including phenoxy) is 2. The maximum absolute atomic E-state index is 11.7. The number of methoxy groups -OCH3 is 1. The van der Waals surface area contributed by atoms with Crippen molar-refractivity contribution in [1.29, 1.82) is 0 Å². The topological polar surface area (TPSA) is 52.6 Å². The summed E-state index contributed by atoms with van der Waals surface area (Å²) in [5.41, 5.74) is 1.53. The normalized spacial score (nSPS) is 22.2. The van der Waals surface area contributed by atoms with Gasteiger partial charge >= 0.3 is 11.9 Å². The number of rotatable bonds is 3. The molecular weight excluding hydrogens is 220 g/mol. The predicted octanol–water partition coefficient (Wildman–Crippen LogP) is 1.68. The van der Waals surface area contributed by atoms with Crippen LogP contribution in [-0.4, -0.2) is 25.2 Å². The summed E-state index contributed by atoms with van der Waals surface area (Å²) in [4.78, 5) is 22.7. The molecular formula is C13H14O4. The third-order valence-corrected chi connectivity index (χ3v) is 2.83. The Labute approximate surface area is 99.6 Å². The molecule has 0 saturated carbocycles. The van der Waals surface area contributed by atoms with Crippen LogP contribution in [0.15, 0.2) is 35.5 Å². The highest BCUT2D eigenvalue weighted by Crippen LogP contribution is 2.27. The molecule has 1 atom stereocenters. The van der Waals surface area contributed by atoms with E-state index < -0.39 is 0 Å². The summed E-state index contributed by atoms with van der Waals surface area (Å²) in [7, 11) is 1.33. The van der Waals surface area contributed by atoms with Crippen LogP contribution in [0.25, 0.3) is 0 Å². The van der Waals surface area contributed by atoms with Gasteiger partial charge in [-0.15, -0.1) is 0 Å². The standard InChI is InChI=1S/C13H14O4/c1-16-12(14)7-6-10-8-9-4-2-3-5-11(9)17-13(10)15/h2-4,8,11H,5-7H2,1H3. The second-order valence-electron chi connectivity index (χ2n) is 3.97. The lowest BCUT2D eigenvalue weighted by Gasteiger charge is -2.25. The van der Waals surface area contributed by atoms with Gasteiger partial charge in [-0.05, 0) is 18.1 Å². The monoisotopic (exact) mass is 234 g/mol. The first-order chi connectivity index (χ1) is 8.20. The van der Waals surface area contributed by atoms with Crippen molar-refractivity contribution >= 4 is 11.9 Å². The van der Waals surface area contributed by atoms with Crippen LogP contribution in [0.1, 0.15) is 19.3 Å². The largest absolute Gasteiger partial charge is 0.469 e. The number of fused-ring (bicyclic) bond motifs is 1. The Hall–Kier alpha value is -1.84. The van der Waals surface area contributed by atoms with Gasteiger partial charge in [-0.25, -0.2) is 4.79 Å². The first-order valence-electron chi connectivity index (χ1n) is 5.56. The van der Waals surface area contributed by atoms with Crippen molar-refractivity contribution in [2.45, 2.75) is 25.4 Å². The second-order valence-corrected chi connectivity index (χ2v) is 3.97. The molecule has 0 aromatic rings. The number of hydrogen-bond donors (Lipinski definition) is 0. The van der Waals surface area contributed by atoms with Crippen molar-refractivity contribution in [3.63, 3.8) is 0 Å². The maximum Gasteiger partial charge on any atom is 0.334 e. The Bertz CT molecular complexity index is 429. The molecule has 0 amide bonds. The van der Waals surface area contributed by atoms with Crippen molar-refractivity contribution in [3.05, 3.63) is 35.5 Å². The van der Waals surface area contributed by atoms with Crippen LogP contribution in [0, 0.1) is 0 Å². The van der Waals surface area contributed by atoms with Gasteiger partial charge in [0, 0.05) is 18.4 Å². The highest BCUT2D eigenvalue weighted by atomic mass is 16.5. The van der Waals surface area contributed by atoms with Gasteiger partial charge in [-0.1, -0.05) is 18.2 Å². The van der Waals surface area contributed by atoms with Crippen molar-refractivity contribution in [3.8, 4) is 0 Å². The first-order valence-corrected chi connectivity index (χ1v) is 5.56. The molecule has 2 aliphatic rings. The average Bonchev–Trinajstić information content (AvgIpc) is 2.35. The summed E-state index contributed by atoms with van der Waals surface area (Å²) in [5.74, 6) is -0.648. The minimum atomic E-state index is -0.327. The van der Waals surface area contributed by atoms with E-state index in [0.717, 1.165) is 12.0 Å². The minimum absolute atomic E-state index is 0.158. The first kappa shape index (κ1) is 11.6. The molecule has 0 radical (unpaired) electrons. The molecule has 1 heterocycles. The molecule has 1 unspecified atom stereocenters. The van der Waals surface area contributed by atoms with Crippen molar-refractivity contribution < 1.29 is 19.1 Å². The van der Waals surface area contributed by atoms with Crippen LogP contribution < -0.4 is 0 Å². The summed E-state index contributed by atoms with van der Waals surface area (Å²) in [6.45, 7) is 0. The van der Waals surface area contributed by atoms with Gasteiger partial charge in [0.25, 0.3) is 0 Å². The van der Waals surface area contributed by atoms with Crippen molar-refractivity contribution in [2.24, 2.45) is 0 Å². The van der Waals surface area contributed by atoms with Crippen LogP contribution in [0.3, 0.4) is 0 Å². The van der Waals surface area contributed by atoms with E-state index >= 15 is 0 Å². The van der Waals surface area contributed by atoms with Crippen LogP contribution in [0.5, 0.6) is 0 Å². The van der Waals surface area contributed by atoms with Gasteiger partial charge in [-0.3, -0.25) is 4.79 Å². The van der Waals surface area contributed by atoms with Gasteiger partial charge in [0.2, 0.25) is 0 Å². The molecule has 1 aliphatic carbocycles. The fourth-order valence-corrected chi connectivity index (χ4v) is 1.86. The zero-order valence-electron chi connectivity index (χ0n) is 9.64. The summed E-state index contributed by atoms with van der Waals surface area (Å²) < 4.78 is 9.83. The van der Waals surface area contributed by atoms with Gasteiger partial charge < -0.3 is 9.47 Å². The summed E-state index contributed by atoms with van der Waals surface area (Å²) in [6, 6.07) is 0. The molecule has 2 rings (SSSR count). The van der Waals surface area contributed by atoms with Crippen molar-refractivity contribution in [1.82, 2.24) is 0 Å².